The SMILES string of the molecule is CCC(=O)N(c1ccccc1)C1(C(=O)OC)CCN(CCn2c(SC)ncc(C)c2=O)CC1. The van der Waals surface area contributed by atoms with E-state index in [1.54, 1.807) is 29.5 Å². The lowest BCUT2D eigenvalue weighted by molar-refractivity contribution is -0.151. The number of amides is 1. The van der Waals surface area contributed by atoms with Crippen LogP contribution in [0, 0.1) is 6.92 Å². The Kier molecular flexibility index (Phi) is 8.31. The summed E-state index contributed by atoms with van der Waals surface area (Å²) in [6, 6.07) is 9.32. The van der Waals surface area contributed by atoms with Crippen LogP contribution in [0.3, 0.4) is 0 Å². The van der Waals surface area contributed by atoms with Gasteiger partial charge in [0.2, 0.25) is 5.91 Å². The van der Waals surface area contributed by atoms with Crippen molar-refractivity contribution < 1.29 is 14.3 Å². The zero-order valence-electron chi connectivity index (χ0n) is 19.7. The van der Waals surface area contributed by atoms with E-state index in [1.165, 1.54) is 18.9 Å². The predicted octanol–water partition coefficient (Wildman–Crippen LogP) is 2.72. The highest BCUT2D eigenvalue weighted by atomic mass is 32.2. The number of anilines is 1. The van der Waals surface area contributed by atoms with Crippen molar-refractivity contribution in [1.29, 1.82) is 0 Å². The minimum absolute atomic E-state index is 0.0286. The van der Waals surface area contributed by atoms with Crippen molar-refractivity contribution in [2.24, 2.45) is 0 Å². The second-order valence-electron chi connectivity index (χ2n) is 8.17. The van der Waals surface area contributed by atoms with Gasteiger partial charge in [-0.2, -0.15) is 0 Å². The van der Waals surface area contributed by atoms with Crippen LogP contribution in [0.15, 0.2) is 46.5 Å². The van der Waals surface area contributed by atoms with Gasteiger partial charge >= 0.3 is 5.97 Å². The van der Waals surface area contributed by atoms with Crippen molar-refractivity contribution >= 4 is 29.3 Å². The van der Waals surface area contributed by atoms with Gasteiger partial charge in [-0.05, 0) is 38.2 Å². The summed E-state index contributed by atoms with van der Waals surface area (Å²) in [5, 5.41) is 0.690. The van der Waals surface area contributed by atoms with Crippen molar-refractivity contribution in [3.63, 3.8) is 0 Å². The number of hydrogen-bond donors (Lipinski definition) is 0. The van der Waals surface area contributed by atoms with Crippen molar-refractivity contribution in [2.75, 3.05) is 37.9 Å². The molecule has 0 unspecified atom stereocenters. The maximum absolute atomic E-state index is 13.1. The molecule has 0 aliphatic carbocycles. The van der Waals surface area contributed by atoms with Gasteiger partial charge in [-0.1, -0.05) is 36.9 Å². The number of aromatic nitrogens is 2. The van der Waals surface area contributed by atoms with Crippen LogP contribution < -0.4 is 10.5 Å². The molecular weight excluding hydrogens is 440 g/mol. The largest absolute Gasteiger partial charge is 0.467 e. The van der Waals surface area contributed by atoms with E-state index in [-0.39, 0.29) is 17.9 Å². The average molecular weight is 473 g/mol. The fourth-order valence-corrected chi connectivity index (χ4v) is 4.95. The number of ether oxygens (including phenoxy) is 1. The number of thioether (sulfide) groups is 1. The molecule has 0 saturated carbocycles. The van der Waals surface area contributed by atoms with E-state index >= 15 is 0 Å². The molecule has 1 aliphatic heterocycles. The van der Waals surface area contributed by atoms with Crippen LogP contribution in [0.25, 0.3) is 0 Å². The van der Waals surface area contributed by atoms with Gasteiger partial charge in [0.1, 0.15) is 5.54 Å². The van der Waals surface area contributed by atoms with Crippen molar-refractivity contribution in [2.45, 2.75) is 50.4 Å². The molecule has 0 atom stereocenters. The third-order valence-electron chi connectivity index (χ3n) is 6.25. The van der Waals surface area contributed by atoms with Crippen LogP contribution in [0.4, 0.5) is 5.69 Å². The molecule has 3 rings (SSSR count). The minimum atomic E-state index is -1.05. The molecule has 2 heterocycles. The Morgan fingerprint density at radius 2 is 1.85 bits per heavy atom. The number of aryl methyl sites for hydroxylation is 1. The van der Waals surface area contributed by atoms with E-state index < -0.39 is 11.5 Å². The van der Waals surface area contributed by atoms with E-state index in [1.807, 2.05) is 36.6 Å². The number of hydrogen-bond acceptors (Lipinski definition) is 7. The zero-order chi connectivity index (χ0) is 24.0. The number of carbonyl (C=O) groups excluding carboxylic acids is 2. The molecule has 1 aliphatic rings. The van der Waals surface area contributed by atoms with Gasteiger partial charge < -0.3 is 9.64 Å². The molecule has 0 radical (unpaired) electrons. The van der Waals surface area contributed by atoms with Gasteiger partial charge in [-0.3, -0.25) is 19.1 Å². The van der Waals surface area contributed by atoms with Crippen LogP contribution in [-0.4, -0.2) is 64.9 Å². The van der Waals surface area contributed by atoms with Crippen molar-refractivity contribution in [3.05, 3.63) is 52.4 Å². The van der Waals surface area contributed by atoms with E-state index in [0.29, 0.717) is 55.4 Å². The summed E-state index contributed by atoms with van der Waals surface area (Å²) in [5.41, 5.74) is 0.239. The minimum Gasteiger partial charge on any atom is -0.467 e. The first-order valence-electron chi connectivity index (χ1n) is 11.2. The highest BCUT2D eigenvalue weighted by molar-refractivity contribution is 7.98. The molecule has 9 heteroatoms. The Morgan fingerprint density at radius 3 is 2.42 bits per heavy atom. The van der Waals surface area contributed by atoms with E-state index in [2.05, 4.69) is 9.88 Å². The van der Waals surface area contributed by atoms with Gasteiger partial charge in [-0.25, -0.2) is 9.78 Å². The fraction of sp³-hybridized carbons (Fsp3) is 0.500. The standard InChI is InChI=1S/C24H32N4O4S/c1-5-20(29)28(19-9-7-6-8-10-19)24(22(31)32-3)11-13-26(14-12-24)15-16-27-21(30)18(2)17-25-23(27)33-4/h6-10,17H,5,11-16H2,1-4H3. The molecule has 8 nitrogen and oxygen atoms in total. The summed E-state index contributed by atoms with van der Waals surface area (Å²) >= 11 is 1.45. The molecule has 0 spiro atoms. The van der Waals surface area contributed by atoms with Gasteiger partial charge in [0.05, 0.1) is 7.11 Å². The molecule has 178 valence electrons. The van der Waals surface area contributed by atoms with Crippen LogP contribution in [-0.2, 0) is 20.9 Å². The molecule has 2 aromatic rings. The highest BCUT2D eigenvalue weighted by Gasteiger charge is 2.49. The zero-order valence-corrected chi connectivity index (χ0v) is 20.6. The normalized spacial score (nSPS) is 15.8. The number of piperidine rings is 1. The number of methoxy groups -OCH3 is 1. The lowest BCUT2D eigenvalue weighted by Crippen LogP contribution is -2.62. The Bertz CT molecular complexity index is 1030. The molecule has 0 bridgehead atoms. The number of esters is 1. The number of carbonyl (C=O) groups is 2. The van der Waals surface area contributed by atoms with Crippen LogP contribution >= 0.6 is 11.8 Å². The van der Waals surface area contributed by atoms with E-state index in [0.717, 1.165) is 0 Å². The summed E-state index contributed by atoms with van der Waals surface area (Å²) in [7, 11) is 1.37. The second-order valence-corrected chi connectivity index (χ2v) is 8.94. The first-order chi connectivity index (χ1) is 15.9. The topological polar surface area (TPSA) is 84.7 Å². The fourth-order valence-electron chi connectivity index (χ4n) is 4.40. The Morgan fingerprint density at radius 1 is 1.18 bits per heavy atom. The number of likely N-dealkylation sites (tertiary alicyclic amines) is 1. The lowest BCUT2D eigenvalue weighted by atomic mass is 9.84. The molecular formula is C24H32N4O4S. The quantitative estimate of drug-likeness (QED) is 0.332. The summed E-state index contributed by atoms with van der Waals surface area (Å²) in [4.78, 5) is 46.9. The molecule has 1 amide bonds. The third-order valence-corrected chi connectivity index (χ3v) is 6.94. The Balaban J connectivity index is 1.81. The summed E-state index contributed by atoms with van der Waals surface area (Å²) in [6.07, 6.45) is 4.71. The maximum atomic E-state index is 13.1. The highest BCUT2D eigenvalue weighted by Crippen LogP contribution is 2.35. The van der Waals surface area contributed by atoms with E-state index in [4.69, 9.17) is 4.74 Å². The van der Waals surface area contributed by atoms with Crippen LogP contribution in [0.5, 0.6) is 0 Å². The molecule has 1 aromatic heterocycles. The molecule has 33 heavy (non-hydrogen) atoms. The van der Waals surface area contributed by atoms with Gasteiger partial charge in [-0.15, -0.1) is 0 Å². The number of nitrogens with zero attached hydrogens (tertiary/aromatic N) is 4. The molecule has 1 fully saturated rings. The molecule has 0 N–H and O–H groups in total. The van der Waals surface area contributed by atoms with Gasteiger partial charge in [0.15, 0.2) is 5.16 Å². The van der Waals surface area contributed by atoms with Crippen molar-refractivity contribution in [1.82, 2.24) is 14.5 Å². The summed E-state index contributed by atoms with van der Waals surface area (Å²) in [5.74, 6) is -0.501. The maximum Gasteiger partial charge on any atom is 0.332 e. The first-order valence-corrected chi connectivity index (χ1v) is 12.4. The van der Waals surface area contributed by atoms with Crippen molar-refractivity contribution in [3.8, 4) is 0 Å². The summed E-state index contributed by atoms with van der Waals surface area (Å²) < 4.78 is 6.91. The lowest BCUT2D eigenvalue weighted by Gasteiger charge is -2.46. The van der Waals surface area contributed by atoms with Gasteiger partial charge in [0.25, 0.3) is 5.56 Å². The molecule has 1 saturated heterocycles. The number of para-hydroxylation sites is 1. The van der Waals surface area contributed by atoms with Crippen LogP contribution in [0.1, 0.15) is 31.7 Å². The Labute approximate surface area is 198 Å². The first kappa shape index (κ1) is 25.0. The van der Waals surface area contributed by atoms with Gasteiger partial charge in [0, 0.05) is 50.0 Å². The monoisotopic (exact) mass is 472 g/mol. The summed E-state index contributed by atoms with van der Waals surface area (Å²) in [6.45, 7) is 5.96. The number of rotatable bonds is 8. The molecule has 1 aromatic carbocycles. The van der Waals surface area contributed by atoms with E-state index in [9.17, 15) is 14.4 Å². The predicted molar refractivity (Wildman–Crippen MR) is 130 cm³/mol. The van der Waals surface area contributed by atoms with Crippen LogP contribution in [0.2, 0.25) is 0 Å². The second kappa shape index (κ2) is 11.0. The Hall–Kier alpha value is -2.65. The number of benzene rings is 1. The average Bonchev–Trinajstić information content (AvgIpc) is 2.85. The smallest absolute Gasteiger partial charge is 0.332 e. The third kappa shape index (κ3) is 5.14.